The Morgan fingerprint density at radius 2 is 2.05 bits per heavy atom. The van der Waals surface area contributed by atoms with Crippen molar-refractivity contribution in [2.75, 3.05) is 12.4 Å². The van der Waals surface area contributed by atoms with Crippen molar-refractivity contribution in [3.63, 3.8) is 0 Å². The van der Waals surface area contributed by atoms with Crippen LogP contribution in [0.25, 0.3) is 0 Å². The smallest absolute Gasteiger partial charge is 0.255 e. The number of benzene rings is 2. The molecule has 1 N–H and O–H groups in total. The van der Waals surface area contributed by atoms with Gasteiger partial charge in [-0.15, -0.1) is 0 Å². The second kappa shape index (κ2) is 6.41. The van der Waals surface area contributed by atoms with Gasteiger partial charge in [-0.05, 0) is 59.0 Å². The molecule has 6 heteroatoms. The molecule has 0 unspecified atom stereocenters. The lowest BCUT2D eigenvalue weighted by Crippen LogP contribution is -2.13. The van der Waals surface area contributed by atoms with Crippen LogP contribution in [-0.2, 0) is 0 Å². The molecule has 3 nitrogen and oxygen atoms in total. The van der Waals surface area contributed by atoms with Crippen molar-refractivity contribution in [1.29, 1.82) is 0 Å². The van der Waals surface area contributed by atoms with Gasteiger partial charge in [-0.1, -0.05) is 11.6 Å². The number of halogens is 3. The molecule has 104 valence electrons. The number of hydrogen-bond donors (Lipinski definition) is 1. The molecule has 0 fully saturated rings. The molecule has 0 aliphatic heterocycles. The van der Waals surface area contributed by atoms with Gasteiger partial charge in [0.05, 0.1) is 12.8 Å². The molecule has 0 saturated heterocycles. The van der Waals surface area contributed by atoms with Gasteiger partial charge >= 0.3 is 0 Å². The molecule has 1 amide bonds. The number of carbonyl (C=O) groups excluding carboxylic acids is 1. The van der Waals surface area contributed by atoms with Crippen LogP contribution in [0.3, 0.4) is 0 Å². The molecule has 2 aromatic carbocycles. The second-order valence-electron chi connectivity index (χ2n) is 3.93. The Bertz CT molecular complexity index is 664. The Morgan fingerprint density at radius 1 is 1.30 bits per heavy atom. The van der Waals surface area contributed by atoms with Gasteiger partial charge in [0.1, 0.15) is 0 Å². The number of hydrogen-bond acceptors (Lipinski definition) is 2. The fraction of sp³-hybridized carbons (Fsp3) is 0.0714. The zero-order chi connectivity index (χ0) is 14.7. The maximum atomic E-state index is 13.3. The standard InChI is InChI=1S/C14H10ClFINO2/c1-20-13-6-8(2-4-10(13)16)14(19)18-12-5-3-9(15)7-11(12)17/h2-7H,1H3,(H,18,19). The lowest BCUT2D eigenvalue weighted by molar-refractivity contribution is 0.102. The summed E-state index contributed by atoms with van der Waals surface area (Å²) in [5.41, 5.74) is 0.956. The minimum Gasteiger partial charge on any atom is -0.494 e. The molecule has 0 saturated carbocycles. The van der Waals surface area contributed by atoms with Crippen LogP contribution < -0.4 is 10.1 Å². The van der Waals surface area contributed by atoms with E-state index in [4.69, 9.17) is 16.3 Å². The zero-order valence-corrected chi connectivity index (χ0v) is 13.3. The normalized spacial score (nSPS) is 10.2. The Balaban J connectivity index is 2.24. The lowest BCUT2D eigenvalue weighted by atomic mass is 10.2. The third kappa shape index (κ3) is 3.40. The van der Waals surface area contributed by atoms with Gasteiger partial charge in [0.2, 0.25) is 0 Å². The summed E-state index contributed by atoms with van der Waals surface area (Å²) in [4.78, 5) is 12.1. The van der Waals surface area contributed by atoms with Gasteiger partial charge < -0.3 is 10.1 Å². The Kier molecular flexibility index (Phi) is 4.82. The van der Waals surface area contributed by atoms with Crippen LogP contribution in [-0.4, -0.2) is 13.0 Å². The molecular weight excluding hydrogens is 396 g/mol. The Labute approximate surface area is 134 Å². The molecule has 0 radical (unpaired) electrons. The summed E-state index contributed by atoms with van der Waals surface area (Å²) in [7, 11) is 1.35. The molecule has 0 bridgehead atoms. The summed E-state index contributed by atoms with van der Waals surface area (Å²) in [5.74, 6) is -0.822. The first-order valence-corrected chi connectivity index (χ1v) is 7.07. The van der Waals surface area contributed by atoms with E-state index in [1.165, 1.54) is 25.3 Å². The van der Waals surface area contributed by atoms with E-state index in [1.54, 1.807) is 18.2 Å². The quantitative estimate of drug-likeness (QED) is 0.771. The van der Waals surface area contributed by atoms with Crippen LogP contribution in [0.1, 0.15) is 10.4 Å². The van der Waals surface area contributed by atoms with Gasteiger partial charge in [0, 0.05) is 14.2 Å². The van der Waals surface area contributed by atoms with Crippen LogP contribution in [0, 0.1) is 9.39 Å². The topological polar surface area (TPSA) is 38.3 Å². The number of rotatable bonds is 3. The predicted molar refractivity (Wildman–Crippen MR) is 85.1 cm³/mol. The summed E-state index contributed by atoms with van der Waals surface area (Å²) in [6.07, 6.45) is 0. The predicted octanol–water partition coefficient (Wildman–Crippen LogP) is 4.34. The van der Waals surface area contributed by atoms with Crippen molar-refractivity contribution in [3.05, 3.63) is 56.4 Å². The van der Waals surface area contributed by atoms with Crippen LogP contribution in [0.15, 0.2) is 36.4 Å². The Morgan fingerprint density at radius 3 is 2.70 bits per heavy atom. The van der Waals surface area contributed by atoms with Crippen LogP contribution in [0.2, 0.25) is 5.02 Å². The number of amides is 1. The molecule has 0 aliphatic carbocycles. The van der Waals surface area contributed by atoms with Crippen molar-refractivity contribution in [2.45, 2.75) is 0 Å². The van der Waals surface area contributed by atoms with E-state index in [2.05, 4.69) is 27.9 Å². The molecule has 0 aliphatic rings. The van der Waals surface area contributed by atoms with Gasteiger partial charge in [-0.3, -0.25) is 4.79 Å². The molecule has 0 aromatic heterocycles. The largest absolute Gasteiger partial charge is 0.494 e. The third-order valence-corrected chi connectivity index (χ3v) is 3.72. The van der Waals surface area contributed by atoms with Gasteiger partial charge in [-0.25, -0.2) is 4.39 Å². The van der Waals surface area contributed by atoms with Crippen molar-refractivity contribution in [2.24, 2.45) is 0 Å². The average molecular weight is 406 g/mol. The fourth-order valence-electron chi connectivity index (χ4n) is 1.59. The Hall–Kier alpha value is -1.34. The summed E-state index contributed by atoms with van der Waals surface area (Å²) in [5, 5.41) is 3.33. The SMILES string of the molecule is COc1cc(C(=O)Nc2ccc(Cl)cc2I)ccc1F. The highest BCUT2D eigenvalue weighted by molar-refractivity contribution is 14.1. The summed E-state index contributed by atoms with van der Waals surface area (Å²) < 4.78 is 19.0. The summed E-state index contributed by atoms with van der Waals surface area (Å²) >= 11 is 7.93. The van der Waals surface area contributed by atoms with Gasteiger partial charge in [0.15, 0.2) is 11.6 Å². The highest BCUT2D eigenvalue weighted by Crippen LogP contribution is 2.24. The van der Waals surface area contributed by atoms with Crippen LogP contribution in [0.4, 0.5) is 10.1 Å². The second-order valence-corrected chi connectivity index (χ2v) is 5.53. The van der Waals surface area contributed by atoms with Gasteiger partial charge in [-0.2, -0.15) is 0 Å². The average Bonchev–Trinajstić information content (AvgIpc) is 2.42. The van der Waals surface area contributed by atoms with E-state index >= 15 is 0 Å². The van der Waals surface area contributed by atoms with E-state index < -0.39 is 5.82 Å². The van der Waals surface area contributed by atoms with E-state index in [0.29, 0.717) is 16.3 Å². The zero-order valence-electron chi connectivity index (χ0n) is 10.4. The first-order valence-electron chi connectivity index (χ1n) is 5.61. The summed E-state index contributed by atoms with van der Waals surface area (Å²) in [6, 6.07) is 9.08. The third-order valence-electron chi connectivity index (χ3n) is 2.59. The monoisotopic (exact) mass is 405 g/mol. The maximum absolute atomic E-state index is 13.3. The van der Waals surface area contributed by atoms with Gasteiger partial charge in [0.25, 0.3) is 5.91 Å². The van der Waals surface area contributed by atoms with Crippen molar-refractivity contribution < 1.29 is 13.9 Å². The van der Waals surface area contributed by atoms with E-state index in [-0.39, 0.29) is 11.7 Å². The molecule has 0 spiro atoms. The number of ether oxygens (including phenoxy) is 1. The van der Waals surface area contributed by atoms with Crippen LogP contribution in [0.5, 0.6) is 5.75 Å². The molecular formula is C14H10ClFINO2. The van der Waals surface area contributed by atoms with E-state index in [1.807, 2.05) is 0 Å². The summed E-state index contributed by atoms with van der Waals surface area (Å²) in [6.45, 7) is 0. The first-order chi connectivity index (χ1) is 9.51. The van der Waals surface area contributed by atoms with Crippen LogP contribution >= 0.6 is 34.2 Å². The highest BCUT2D eigenvalue weighted by atomic mass is 127. The van der Waals surface area contributed by atoms with Crippen molar-refractivity contribution in [1.82, 2.24) is 0 Å². The van der Waals surface area contributed by atoms with Crippen molar-refractivity contribution >= 4 is 45.8 Å². The highest BCUT2D eigenvalue weighted by Gasteiger charge is 2.11. The first kappa shape index (κ1) is 15.1. The molecule has 2 aromatic rings. The number of anilines is 1. The number of methoxy groups -OCH3 is 1. The molecule has 2 rings (SSSR count). The molecule has 0 heterocycles. The minimum atomic E-state index is -0.509. The molecule has 20 heavy (non-hydrogen) atoms. The maximum Gasteiger partial charge on any atom is 0.255 e. The minimum absolute atomic E-state index is 0.0310. The van der Waals surface area contributed by atoms with E-state index in [0.717, 1.165) is 3.57 Å². The number of nitrogens with one attached hydrogen (secondary N) is 1. The van der Waals surface area contributed by atoms with Crippen molar-refractivity contribution in [3.8, 4) is 5.75 Å². The molecule has 0 atom stereocenters. The number of carbonyl (C=O) groups is 1. The lowest BCUT2D eigenvalue weighted by Gasteiger charge is -2.09. The fourth-order valence-corrected chi connectivity index (χ4v) is 2.59. The van der Waals surface area contributed by atoms with E-state index in [9.17, 15) is 9.18 Å².